The first-order valence-corrected chi connectivity index (χ1v) is 8.43. The highest BCUT2D eigenvalue weighted by Gasteiger charge is 2.93. The third-order valence-electron chi connectivity index (χ3n) is 4.23. The molecule has 0 aliphatic heterocycles. The zero-order valence-corrected chi connectivity index (χ0v) is 17.6. The van der Waals surface area contributed by atoms with Crippen molar-refractivity contribution in [3.63, 3.8) is 0 Å². The lowest BCUT2D eigenvalue weighted by molar-refractivity contribution is -0.469. The summed E-state index contributed by atoms with van der Waals surface area (Å²) in [5, 5.41) is 0. The van der Waals surface area contributed by atoms with Gasteiger partial charge in [0.05, 0.1) is 0 Å². The predicted octanol–water partition coefficient (Wildman–Crippen LogP) is 8.53. The molecule has 0 aromatic carbocycles. The summed E-state index contributed by atoms with van der Waals surface area (Å²) in [6.07, 6.45) is -37.5. The molecule has 0 aliphatic carbocycles. The molecule has 252 valence electrons. The average Bonchev–Trinajstić information content (AvgIpc) is 2.69. The monoisotopic (exact) mass is 698 g/mol. The molecule has 29 heteroatoms. The van der Waals surface area contributed by atoms with Crippen LogP contribution in [0.4, 0.5) is 119 Å². The van der Waals surface area contributed by atoms with Crippen molar-refractivity contribution in [3.05, 3.63) is 0 Å². The van der Waals surface area contributed by atoms with Crippen LogP contribution < -0.4 is 0 Å². The molecule has 0 aromatic heterocycles. The molecule has 0 unspecified atom stereocenters. The fourth-order valence-corrected chi connectivity index (χ4v) is 1.87. The van der Waals surface area contributed by atoms with Crippen molar-refractivity contribution < 1.29 is 128 Å². The molecule has 0 aromatic rings. The van der Waals surface area contributed by atoms with Gasteiger partial charge < -0.3 is 9.47 Å². The first-order chi connectivity index (χ1) is 17.6. The average molecular weight is 698 g/mol. The zero-order valence-electron chi connectivity index (χ0n) is 17.6. The van der Waals surface area contributed by atoms with E-state index >= 15 is 0 Å². The molecule has 0 heterocycles. The van der Waals surface area contributed by atoms with E-state index in [2.05, 4.69) is 0 Å². The number of rotatable bonds is 10. The van der Waals surface area contributed by atoms with Crippen molar-refractivity contribution in [1.29, 1.82) is 0 Å². The van der Waals surface area contributed by atoms with Gasteiger partial charge in [0.25, 0.3) is 0 Å². The van der Waals surface area contributed by atoms with E-state index in [1.807, 2.05) is 0 Å². The number of halogens is 26. The van der Waals surface area contributed by atoms with E-state index in [9.17, 15) is 119 Å². The van der Waals surface area contributed by atoms with E-state index in [4.69, 9.17) is 0 Å². The van der Waals surface area contributed by atoms with Crippen LogP contribution in [0.1, 0.15) is 0 Å². The van der Waals surface area contributed by atoms with Gasteiger partial charge in [-0.05, 0) is 0 Å². The van der Waals surface area contributed by atoms with E-state index in [-0.39, 0.29) is 0 Å². The molecule has 0 N–H and O–H groups in total. The molecule has 0 rings (SSSR count). The quantitative estimate of drug-likeness (QED) is 0.170. The van der Waals surface area contributed by atoms with Crippen molar-refractivity contribution in [2.45, 2.75) is 72.0 Å². The highest BCUT2D eigenvalue weighted by molar-refractivity contribution is 5.61. The van der Waals surface area contributed by atoms with Crippen LogP contribution in [-0.2, 0) is 9.47 Å². The van der Waals surface area contributed by atoms with Gasteiger partial charge in [0, 0.05) is 0 Å². The van der Waals surface area contributed by atoms with Crippen molar-refractivity contribution in [3.8, 4) is 0 Å². The van der Waals surface area contributed by atoms with Crippen LogP contribution in [0.15, 0.2) is 0 Å². The third-order valence-corrected chi connectivity index (χ3v) is 4.23. The van der Waals surface area contributed by atoms with E-state index in [0.29, 0.717) is 0 Å². The van der Waals surface area contributed by atoms with Gasteiger partial charge in [-0.3, -0.25) is 0 Å². The van der Waals surface area contributed by atoms with Gasteiger partial charge >= 0.3 is 78.1 Å². The Morgan fingerprint density at radius 2 is 0.452 bits per heavy atom. The molecule has 0 atom stereocenters. The summed E-state index contributed by atoms with van der Waals surface area (Å²) in [6, 6.07) is 0. The largest absolute Gasteiger partial charge is 0.518 e. The van der Waals surface area contributed by atoms with Crippen LogP contribution >= 0.6 is 0 Å². The van der Waals surface area contributed by atoms with Gasteiger partial charge in [0.1, 0.15) is 0 Å². The van der Waals surface area contributed by atoms with Crippen LogP contribution in [0.25, 0.3) is 0 Å². The Morgan fingerprint density at radius 3 is 0.619 bits per heavy atom. The predicted molar refractivity (Wildman–Crippen MR) is 69.1 cm³/mol. The Bertz CT molecular complexity index is 922. The molecule has 3 nitrogen and oxygen atoms in total. The second-order valence-corrected chi connectivity index (χ2v) is 7.08. The Balaban J connectivity index is 6.52. The summed E-state index contributed by atoms with van der Waals surface area (Å²) in [5.74, 6) is -69.4. The smallest absolute Gasteiger partial charge is 0.363 e. The van der Waals surface area contributed by atoms with Gasteiger partial charge in [-0.2, -0.15) is 114 Å². The second kappa shape index (κ2) is 9.73. The summed E-state index contributed by atoms with van der Waals surface area (Å²) < 4.78 is 335. The molecule has 0 aliphatic rings. The molecule has 0 fully saturated rings. The Labute approximate surface area is 208 Å². The lowest BCUT2D eigenvalue weighted by Crippen LogP contribution is -2.71. The lowest BCUT2D eigenvalue weighted by Gasteiger charge is -2.39. The number of hydrogen-bond acceptors (Lipinski definition) is 3. The minimum atomic E-state index is -8.84. The Morgan fingerprint density at radius 1 is 0.286 bits per heavy atom. The van der Waals surface area contributed by atoms with Crippen molar-refractivity contribution in [1.82, 2.24) is 0 Å². The fourth-order valence-electron chi connectivity index (χ4n) is 1.87. The SMILES string of the molecule is O=C(OC(F)(F)C(F)(F)C(F)(F)C(F)(F)C(F)(F)C(F)(F)F)OC(F)(F)C(F)(F)C(F)(F)C(F)(F)C(F)(F)C(F)(F)F. The molecule has 0 spiro atoms. The number of hydrogen-bond donors (Lipinski definition) is 0. The fraction of sp³-hybridized carbons (Fsp3) is 0.923. The number of alkyl halides is 26. The molecule has 0 saturated carbocycles. The first kappa shape index (κ1) is 39.5. The second-order valence-electron chi connectivity index (χ2n) is 7.08. The summed E-state index contributed by atoms with van der Waals surface area (Å²) in [6.45, 7) is 0. The van der Waals surface area contributed by atoms with Gasteiger partial charge in [-0.15, -0.1) is 0 Å². The van der Waals surface area contributed by atoms with E-state index < -0.39 is 78.1 Å². The standard InChI is InChI=1S/C13F26O3/c14-2(15,6(22,23)10(30,31)32)4(18,19)8(26,27)12(36,37)41-1(40)42-13(38,39)9(28,29)5(20,21)3(16,17)7(24,25)11(33,34)35. The van der Waals surface area contributed by atoms with E-state index in [0.717, 1.165) is 0 Å². The zero-order chi connectivity index (χ0) is 35.0. The van der Waals surface area contributed by atoms with Crippen LogP contribution in [0.2, 0.25) is 0 Å². The lowest BCUT2D eigenvalue weighted by atomic mass is 9.97. The molecule has 0 saturated heterocycles. The van der Waals surface area contributed by atoms with Crippen LogP contribution in [-0.4, -0.2) is 78.1 Å². The Hall–Kier alpha value is -2.55. The number of carbonyl (C=O) groups is 1. The molecule has 0 bridgehead atoms. The molecule has 42 heavy (non-hydrogen) atoms. The summed E-state index contributed by atoms with van der Waals surface area (Å²) in [7, 11) is 0. The van der Waals surface area contributed by atoms with Crippen molar-refractivity contribution in [2.75, 3.05) is 0 Å². The minimum absolute atomic E-state index is 1.38. The first-order valence-electron chi connectivity index (χ1n) is 8.43. The summed E-state index contributed by atoms with van der Waals surface area (Å²) >= 11 is 0. The van der Waals surface area contributed by atoms with Gasteiger partial charge in [0.2, 0.25) is 0 Å². The van der Waals surface area contributed by atoms with Gasteiger partial charge in [-0.25, -0.2) is 4.79 Å². The maximum Gasteiger partial charge on any atom is 0.518 e. The molecular weight excluding hydrogens is 698 g/mol. The van der Waals surface area contributed by atoms with E-state index in [1.54, 1.807) is 0 Å². The van der Waals surface area contributed by atoms with Crippen LogP contribution in [0.5, 0.6) is 0 Å². The van der Waals surface area contributed by atoms with Crippen LogP contribution in [0.3, 0.4) is 0 Å². The van der Waals surface area contributed by atoms with Crippen molar-refractivity contribution in [2.24, 2.45) is 0 Å². The van der Waals surface area contributed by atoms with Crippen molar-refractivity contribution >= 4 is 6.16 Å². The maximum atomic E-state index is 13.3. The highest BCUT2D eigenvalue weighted by Crippen LogP contribution is 2.62. The number of carbonyl (C=O) groups excluding carboxylic acids is 1. The maximum absolute atomic E-state index is 13.3. The number of ether oxygens (including phenoxy) is 2. The minimum Gasteiger partial charge on any atom is -0.363 e. The molecule has 0 radical (unpaired) electrons. The third kappa shape index (κ3) is 5.24. The highest BCUT2D eigenvalue weighted by atomic mass is 19.4. The van der Waals surface area contributed by atoms with Gasteiger partial charge in [-0.1, -0.05) is 0 Å². The summed E-state index contributed by atoms with van der Waals surface area (Å²) in [5.41, 5.74) is 0. The molecular formula is C13F26O3. The van der Waals surface area contributed by atoms with E-state index in [1.165, 1.54) is 9.47 Å². The molecule has 0 amide bonds. The normalized spacial score (nSPS) is 16.4. The Kier molecular flexibility index (Phi) is 9.14. The topological polar surface area (TPSA) is 35.5 Å². The van der Waals surface area contributed by atoms with Gasteiger partial charge in [0.15, 0.2) is 0 Å². The van der Waals surface area contributed by atoms with Crippen LogP contribution in [0, 0.1) is 0 Å². The summed E-state index contributed by atoms with van der Waals surface area (Å²) in [4.78, 5) is 10.6.